The summed E-state index contributed by atoms with van der Waals surface area (Å²) in [6, 6.07) is 19.1. The fourth-order valence-corrected chi connectivity index (χ4v) is 3.19. The summed E-state index contributed by atoms with van der Waals surface area (Å²) < 4.78 is 15.6. The molecule has 0 N–H and O–H groups in total. The van der Waals surface area contributed by atoms with E-state index in [1.807, 2.05) is 60.7 Å². The van der Waals surface area contributed by atoms with E-state index in [9.17, 15) is 9.59 Å². The van der Waals surface area contributed by atoms with E-state index >= 15 is 0 Å². The van der Waals surface area contributed by atoms with Gasteiger partial charge < -0.3 is 14.2 Å². The zero-order valence-corrected chi connectivity index (χ0v) is 17.9. The summed E-state index contributed by atoms with van der Waals surface area (Å²) in [6.45, 7) is 0.778. The van der Waals surface area contributed by atoms with Gasteiger partial charge in [0.1, 0.15) is 13.2 Å². The molecule has 2 unspecified atom stereocenters. The highest BCUT2D eigenvalue weighted by Crippen LogP contribution is 2.24. The van der Waals surface area contributed by atoms with Crippen molar-refractivity contribution in [1.82, 2.24) is 0 Å². The second-order valence-corrected chi connectivity index (χ2v) is 7.56. The first kappa shape index (κ1) is 23.3. The minimum absolute atomic E-state index is 0.148. The van der Waals surface area contributed by atoms with Crippen molar-refractivity contribution in [2.45, 2.75) is 23.3 Å². The SMILES string of the molecule is O=C(CC(S)c1ccccc1)OCCOCCOC(=O)CC(S)c1ccccc1. The normalized spacial score (nSPS) is 12.8. The lowest BCUT2D eigenvalue weighted by Gasteiger charge is -2.12. The molecule has 0 aromatic heterocycles. The van der Waals surface area contributed by atoms with Crippen LogP contribution in [0, 0.1) is 0 Å². The Labute approximate surface area is 182 Å². The Hall–Kier alpha value is -1.96. The van der Waals surface area contributed by atoms with E-state index in [4.69, 9.17) is 14.2 Å². The van der Waals surface area contributed by atoms with Gasteiger partial charge in [-0.2, -0.15) is 25.3 Å². The van der Waals surface area contributed by atoms with Crippen molar-refractivity contribution in [3.05, 3.63) is 71.8 Å². The van der Waals surface area contributed by atoms with E-state index in [-0.39, 0.29) is 61.7 Å². The van der Waals surface area contributed by atoms with Crippen molar-refractivity contribution in [2.24, 2.45) is 0 Å². The third kappa shape index (κ3) is 9.39. The van der Waals surface area contributed by atoms with Gasteiger partial charge in [-0.3, -0.25) is 9.59 Å². The molecule has 0 aliphatic heterocycles. The van der Waals surface area contributed by atoms with Gasteiger partial charge in [-0.05, 0) is 11.1 Å². The van der Waals surface area contributed by atoms with Gasteiger partial charge in [0.05, 0.1) is 26.1 Å². The molecule has 0 saturated heterocycles. The molecule has 0 spiro atoms. The molecule has 2 rings (SSSR count). The summed E-state index contributed by atoms with van der Waals surface area (Å²) in [5, 5.41) is -0.397. The Morgan fingerprint density at radius 2 is 1.03 bits per heavy atom. The molecule has 0 aliphatic rings. The maximum Gasteiger partial charge on any atom is 0.307 e. The molecule has 0 fully saturated rings. The van der Waals surface area contributed by atoms with Crippen molar-refractivity contribution in [2.75, 3.05) is 26.4 Å². The van der Waals surface area contributed by atoms with Gasteiger partial charge in [0, 0.05) is 10.5 Å². The number of thiol groups is 2. The molecular weight excluding hydrogens is 408 g/mol. The van der Waals surface area contributed by atoms with Gasteiger partial charge in [0.15, 0.2) is 0 Å². The molecule has 0 radical (unpaired) electrons. The Kier molecular flexibility index (Phi) is 10.7. The molecule has 2 aromatic carbocycles. The molecular formula is C22H26O5S2. The van der Waals surface area contributed by atoms with Crippen molar-refractivity contribution in [1.29, 1.82) is 0 Å². The third-order valence-corrected chi connectivity index (χ3v) is 5.03. The number of rotatable bonds is 12. The number of hydrogen-bond donors (Lipinski definition) is 2. The molecule has 2 aromatic rings. The minimum atomic E-state index is -0.329. The second-order valence-electron chi connectivity index (χ2n) is 6.31. The van der Waals surface area contributed by atoms with E-state index in [1.165, 1.54) is 0 Å². The topological polar surface area (TPSA) is 61.8 Å². The van der Waals surface area contributed by atoms with Crippen LogP contribution in [0.2, 0.25) is 0 Å². The largest absolute Gasteiger partial charge is 0.463 e. The van der Waals surface area contributed by atoms with Crippen molar-refractivity contribution < 1.29 is 23.8 Å². The van der Waals surface area contributed by atoms with Crippen molar-refractivity contribution in [3.8, 4) is 0 Å². The monoisotopic (exact) mass is 434 g/mol. The molecule has 7 heteroatoms. The molecule has 5 nitrogen and oxygen atoms in total. The van der Waals surface area contributed by atoms with Crippen LogP contribution in [0.4, 0.5) is 0 Å². The van der Waals surface area contributed by atoms with Crippen LogP contribution >= 0.6 is 25.3 Å². The number of carbonyl (C=O) groups is 2. The number of benzene rings is 2. The number of carbonyl (C=O) groups excluding carboxylic acids is 2. The van der Waals surface area contributed by atoms with Crippen LogP contribution in [-0.2, 0) is 23.8 Å². The van der Waals surface area contributed by atoms with Gasteiger partial charge >= 0.3 is 11.9 Å². The summed E-state index contributed by atoms with van der Waals surface area (Å²) in [6.07, 6.45) is 0.383. The van der Waals surface area contributed by atoms with Crippen LogP contribution in [0.3, 0.4) is 0 Å². The lowest BCUT2D eigenvalue weighted by Crippen LogP contribution is -2.15. The van der Waals surface area contributed by atoms with Crippen molar-refractivity contribution in [3.63, 3.8) is 0 Å². The molecule has 0 bridgehead atoms. The summed E-state index contributed by atoms with van der Waals surface area (Å²) in [5.74, 6) is -0.658. The molecule has 0 heterocycles. The zero-order chi connectivity index (χ0) is 20.9. The van der Waals surface area contributed by atoms with E-state index in [2.05, 4.69) is 25.3 Å². The van der Waals surface area contributed by atoms with E-state index in [1.54, 1.807) is 0 Å². The fourth-order valence-electron chi connectivity index (χ4n) is 2.55. The average molecular weight is 435 g/mol. The third-order valence-electron chi connectivity index (χ3n) is 4.07. The molecule has 29 heavy (non-hydrogen) atoms. The van der Waals surface area contributed by atoms with Crippen LogP contribution in [0.5, 0.6) is 0 Å². The van der Waals surface area contributed by atoms with Crippen molar-refractivity contribution >= 4 is 37.2 Å². The zero-order valence-electron chi connectivity index (χ0n) is 16.1. The van der Waals surface area contributed by atoms with Crippen LogP contribution in [0.1, 0.15) is 34.5 Å². The van der Waals surface area contributed by atoms with Gasteiger partial charge in [-0.1, -0.05) is 60.7 Å². The van der Waals surface area contributed by atoms with Crippen LogP contribution in [-0.4, -0.2) is 38.4 Å². The molecule has 0 aliphatic carbocycles. The quantitative estimate of drug-likeness (QED) is 0.298. The fraction of sp³-hybridized carbons (Fsp3) is 0.364. The second kappa shape index (κ2) is 13.3. The molecule has 2 atom stereocenters. The lowest BCUT2D eigenvalue weighted by atomic mass is 10.1. The molecule has 0 saturated carbocycles. The van der Waals surface area contributed by atoms with Crippen LogP contribution < -0.4 is 0 Å². The predicted octanol–water partition coefficient (Wildman–Crippen LogP) is 4.21. The highest BCUT2D eigenvalue weighted by molar-refractivity contribution is 7.80. The first-order valence-electron chi connectivity index (χ1n) is 9.41. The van der Waals surface area contributed by atoms with Crippen LogP contribution in [0.25, 0.3) is 0 Å². The Bertz CT molecular complexity index is 676. The smallest absolute Gasteiger partial charge is 0.307 e. The van der Waals surface area contributed by atoms with E-state index in [0.717, 1.165) is 11.1 Å². The minimum Gasteiger partial charge on any atom is -0.463 e. The summed E-state index contributed by atoms with van der Waals surface area (Å²) in [7, 11) is 0. The summed E-state index contributed by atoms with van der Waals surface area (Å²) in [5.41, 5.74) is 1.95. The van der Waals surface area contributed by atoms with E-state index < -0.39 is 0 Å². The highest BCUT2D eigenvalue weighted by Gasteiger charge is 2.14. The Balaban J connectivity index is 1.49. The number of hydrogen-bond acceptors (Lipinski definition) is 7. The molecule has 156 valence electrons. The van der Waals surface area contributed by atoms with Crippen LogP contribution in [0.15, 0.2) is 60.7 Å². The number of ether oxygens (including phenoxy) is 3. The standard InChI is InChI=1S/C22H26O5S2/c23-21(15-19(28)17-7-3-1-4-8-17)26-13-11-25-12-14-27-22(24)16-20(29)18-9-5-2-6-10-18/h1-10,19-20,28-29H,11-16H2. The summed E-state index contributed by atoms with van der Waals surface area (Å²) >= 11 is 8.86. The molecule has 0 amide bonds. The Morgan fingerprint density at radius 1 is 0.655 bits per heavy atom. The first-order chi connectivity index (χ1) is 14.1. The highest BCUT2D eigenvalue weighted by atomic mass is 32.1. The maximum atomic E-state index is 11.8. The average Bonchev–Trinajstić information content (AvgIpc) is 2.74. The number of esters is 2. The van der Waals surface area contributed by atoms with Gasteiger partial charge in [-0.15, -0.1) is 0 Å². The maximum absolute atomic E-state index is 11.8. The first-order valence-corrected chi connectivity index (χ1v) is 10.4. The Morgan fingerprint density at radius 3 is 1.41 bits per heavy atom. The van der Waals surface area contributed by atoms with Gasteiger partial charge in [0.2, 0.25) is 0 Å². The van der Waals surface area contributed by atoms with E-state index in [0.29, 0.717) is 0 Å². The predicted molar refractivity (Wildman–Crippen MR) is 118 cm³/mol. The summed E-state index contributed by atoms with van der Waals surface area (Å²) in [4.78, 5) is 23.6. The lowest BCUT2D eigenvalue weighted by molar-refractivity contribution is -0.146. The van der Waals surface area contributed by atoms with Gasteiger partial charge in [0.25, 0.3) is 0 Å². The van der Waals surface area contributed by atoms with Gasteiger partial charge in [-0.25, -0.2) is 0 Å².